The van der Waals surface area contributed by atoms with E-state index < -0.39 is 0 Å². The largest absolute Gasteiger partial charge is 0.382 e. The van der Waals surface area contributed by atoms with Crippen molar-refractivity contribution in [3.05, 3.63) is 16.2 Å². The van der Waals surface area contributed by atoms with Crippen molar-refractivity contribution in [3.8, 4) is 0 Å². The fourth-order valence-corrected chi connectivity index (χ4v) is 2.86. The first kappa shape index (κ1) is 14.5. The summed E-state index contributed by atoms with van der Waals surface area (Å²) in [5, 5.41) is 4.48. The molecule has 0 amide bonds. The third-order valence-electron chi connectivity index (χ3n) is 2.67. The number of ether oxygens (including phenoxy) is 2. The fourth-order valence-electron chi connectivity index (χ4n) is 1.76. The normalized spacial score (nSPS) is 12.8. The molecule has 2 aromatic rings. The second-order valence-corrected chi connectivity index (χ2v) is 5.68. The van der Waals surface area contributed by atoms with Crippen LogP contribution in [0.3, 0.4) is 0 Å². The minimum atomic E-state index is -0.0338. The van der Waals surface area contributed by atoms with Crippen LogP contribution in [0.25, 0.3) is 10.2 Å². The fraction of sp³-hybridized carbons (Fsp3) is 0.500. The molecule has 0 spiro atoms. The Morgan fingerprint density at radius 2 is 2.21 bits per heavy atom. The minimum Gasteiger partial charge on any atom is -0.382 e. The highest BCUT2D eigenvalue weighted by Gasteiger charge is 2.12. The van der Waals surface area contributed by atoms with Gasteiger partial charge >= 0.3 is 0 Å². The molecule has 2 aromatic heterocycles. The molecule has 2 heterocycles. The summed E-state index contributed by atoms with van der Waals surface area (Å²) < 4.78 is 10.4. The van der Waals surface area contributed by atoms with E-state index in [0.29, 0.717) is 13.2 Å². The summed E-state index contributed by atoms with van der Waals surface area (Å²) in [5.74, 6) is 0.734. The first-order valence-corrected chi connectivity index (χ1v) is 7.02. The molecule has 0 aromatic carbocycles. The number of rotatable bonds is 6. The van der Waals surface area contributed by atoms with Crippen molar-refractivity contribution in [1.82, 2.24) is 9.97 Å². The van der Waals surface area contributed by atoms with Crippen LogP contribution >= 0.6 is 22.9 Å². The minimum absolute atomic E-state index is 0.0338. The molecule has 104 valence electrons. The predicted molar refractivity (Wildman–Crippen MR) is 78.3 cm³/mol. The molecule has 5 nitrogen and oxygen atoms in total. The van der Waals surface area contributed by atoms with Crippen LogP contribution in [0.5, 0.6) is 0 Å². The van der Waals surface area contributed by atoms with Gasteiger partial charge in [-0.1, -0.05) is 0 Å². The van der Waals surface area contributed by atoms with E-state index in [9.17, 15) is 0 Å². The average Bonchev–Trinajstić information content (AvgIpc) is 2.74. The molecule has 0 saturated carbocycles. The van der Waals surface area contributed by atoms with Crippen LogP contribution in [-0.4, -0.2) is 43.4 Å². The maximum Gasteiger partial charge on any atom is 0.225 e. The molecule has 0 bridgehead atoms. The van der Waals surface area contributed by atoms with E-state index in [2.05, 4.69) is 21.4 Å². The number of anilines is 1. The van der Waals surface area contributed by atoms with Gasteiger partial charge in [-0.05, 0) is 24.6 Å². The van der Waals surface area contributed by atoms with Gasteiger partial charge in [-0.25, -0.2) is 9.97 Å². The van der Waals surface area contributed by atoms with Gasteiger partial charge in [0.2, 0.25) is 5.28 Å². The third-order valence-corrected chi connectivity index (χ3v) is 3.79. The van der Waals surface area contributed by atoms with E-state index in [4.69, 9.17) is 21.1 Å². The van der Waals surface area contributed by atoms with E-state index in [1.54, 1.807) is 25.6 Å². The average molecular weight is 302 g/mol. The van der Waals surface area contributed by atoms with Crippen LogP contribution in [0.2, 0.25) is 5.28 Å². The Kier molecular flexibility index (Phi) is 4.93. The highest BCUT2D eigenvalue weighted by Crippen LogP contribution is 2.29. The zero-order valence-corrected chi connectivity index (χ0v) is 12.6. The Morgan fingerprint density at radius 3 is 2.89 bits per heavy atom. The van der Waals surface area contributed by atoms with Crippen LogP contribution in [0.4, 0.5) is 5.82 Å². The summed E-state index contributed by atoms with van der Waals surface area (Å²) in [6.45, 7) is 3.16. The molecule has 0 aliphatic carbocycles. The van der Waals surface area contributed by atoms with Crippen LogP contribution in [-0.2, 0) is 9.47 Å². The first-order chi connectivity index (χ1) is 9.13. The molecule has 7 heteroatoms. The van der Waals surface area contributed by atoms with Gasteiger partial charge in [0, 0.05) is 25.6 Å². The van der Waals surface area contributed by atoms with Gasteiger partial charge in [0.05, 0.1) is 18.1 Å². The van der Waals surface area contributed by atoms with Crippen molar-refractivity contribution in [2.24, 2.45) is 0 Å². The van der Waals surface area contributed by atoms with Crippen molar-refractivity contribution < 1.29 is 9.47 Å². The van der Waals surface area contributed by atoms with E-state index in [-0.39, 0.29) is 11.4 Å². The Morgan fingerprint density at radius 1 is 1.42 bits per heavy atom. The molecule has 19 heavy (non-hydrogen) atoms. The van der Waals surface area contributed by atoms with E-state index >= 15 is 0 Å². The number of hydrogen-bond donors (Lipinski definition) is 1. The molecule has 0 radical (unpaired) electrons. The van der Waals surface area contributed by atoms with Gasteiger partial charge in [-0.3, -0.25) is 0 Å². The SMILES string of the molecule is COCC(CNc1nc(Cl)nc2sc(C)cc12)OC. The van der Waals surface area contributed by atoms with Crippen molar-refractivity contribution in [2.75, 3.05) is 32.7 Å². The van der Waals surface area contributed by atoms with Gasteiger partial charge in [0.1, 0.15) is 10.6 Å². The zero-order chi connectivity index (χ0) is 13.8. The summed E-state index contributed by atoms with van der Waals surface area (Å²) in [5.41, 5.74) is 0. The highest BCUT2D eigenvalue weighted by atomic mass is 35.5. The maximum atomic E-state index is 5.93. The lowest BCUT2D eigenvalue weighted by Crippen LogP contribution is -2.27. The first-order valence-electron chi connectivity index (χ1n) is 5.83. The van der Waals surface area contributed by atoms with Gasteiger partial charge in [0.25, 0.3) is 0 Å². The zero-order valence-electron chi connectivity index (χ0n) is 11.1. The van der Waals surface area contributed by atoms with E-state index in [0.717, 1.165) is 16.0 Å². The molecule has 0 fully saturated rings. The molecule has 1 N–H and O–H groups in total. The van der Waals surface area contributed by atoms with Gasteiger partial charge < -0.3 is 14.8 Å². The van der Waals surface area contributed by atoms with Crippen LogP contribution in [0.15, 0.2) is 6.07 Å². The third kappa shape index (κ3) is 3.54. The number of fused-ring (bicyclic) bond motifs is 1. The highest BCUT2D eigenvalue weighted by molar-refractivity contribution is 7.18. The van der Waals surface area contributed by atoms with Crippen LogP contribution in [0, 0.1) is 6.92 Å². The summed E-state index contributed by atoms with van der Waals surface area (Å²) in [6, 6.07) is 2.05. The predicted octanol–water partition coefficient (Wildman–Crippen LogP) is 2.73. The summed E-state index contributed by atoms with van der Waals surface area (Å²) >= 11 is 7.53. The summed E-state index contributed by atoms with van der Waals surface area (Å²) in [7, 11) is 3.30. The van der Waals surface area contributed by atoms with Gasteiger partial charge in [-0.15, -0.1) is 11.3 Å². The van der Waals surface area contributed by atoms with Crippen LogP contribution in [0.1, 0.15) is 4.88 Å². The van der Waals surface area contributed by atoms with Gasteiger partial charge in [0.15, 0.2) is 0 Å². The van der Waals surface area contributed by atoms with E-state index in [1.165, 1.54) is 4.88 Å². The number of methoxy groups -OCH3 is 2. The molecule has 2 rings (SSSR count). The second kappa shape index (κ2) is 6.47. The molecule has 0 aliphatic heterocycles. The number of hydrogen-bond acceptors (Lipinski definition) is 6. The van der Waals surface area contributed by atoms with Gasteiger partial charge in [-0.2, -0.15) is 0 Å². The van der Waals surface area contributed by atoms with Crippen molar-refractivity contribution in [2.45, 2.75) is 13.0 Å². The number of aromatic nitrogens is 2. The Hall–Kier alpha value is -0.950. The number of aryl methyl sites for hydroxylation is 1. The Labute approximate surface area is 120 Å². The lowest BCUT2D eigenvalue weighted by molar-refractivity contribution is 0.0365. The lowest BCUT2D eigenvalue weighted by atomic mass is 10.3. The molecule has 0 aliphatic rings. The summed E-state index contributed by atoms with van der Waals surface area (Å²) in [6.07, 6.45) is -0.0338. The van der Waals surface area contributed by atoms with E-state index in [1.807, 2.05) is 6.92 Å². The maximum absolute atomic E-state index is 5.93. The number of nitrogens with zero attached hydrogens (tertiary/aromatic N) is 2. The Bertz CT molecular complexity index is 561. The van der Waals surface area contributed by atoms with Crippen molar-refractivity contribution in [1.29, 1.82) is 0 Å². The monoisotopic (exact) mass is 301 g/mol. The standard InChI is InChI=1S/C12H16ClN3O2S/c1-7-4-9-10(14-5-8(18-3)6-17-2)15-12(13)16-11(9)19-7/h4,8H,5-6H2,1-3H3,(H,14,15,16). The Balaban J connectivity index is 2.19. The van der Waals surface area contributed by atoms with Crippen molar-refractivity contribution >= 4 is 39.0 Å². The lowest BCUT2D eigenvalue weighted by Gasteiger charge is -2.15. The smallest absolute Gasteiger partial charge is 0.225 e. The summed E-state index contributed by atoms with van der Waals surface area (Å²) in [4.78, 5) is 10.5. The quantitative estimate of drug-likeness (QED) is 0.831. The number of halogens is 1. The molecule has 1 unspecified atom stereocenters. The topological polar surface area (TPSA) is 56.3 Å². The van der Waals surface area contributed by atoms with Crippen molar-refractivity contribution in [3.63, 3.8) is 0 Å². The number of thiophene rings is 1. The molecular formula is C12H16ClN3O2S. The van der Waals surface area contributed by atoms with Crippen LogP contribution < -0.4 is 5.32 Å². The molecule has 0 saturated heterocycles. The second-order valence-electron chi connectivity index (χ2n) is 4.11. The molecule has 1 atom stereocenters. The number of nitrogens with one attached hydrogen (secondary N) is 1. The molecular weight excluding hydrogens is 286 g/mol.